The van der Waals surface area contributed by atoms with Crippen LogP contribution in [-0.4, -0.2) is 5.78 Å². The van der Waals surface area contributed by atoms with Crippen molar-refractivity contribution in [3.63, 3.8) is 0 Å². The molecular formula is C12H7Br2ClOS. The van der Waals surface area contributed by atoms with Crippen molar-refractivity contribution in [1.82, 2.24) is 0 Å². The fraction of sp³-hybridized carbons (Fsp3) is 0.0833. The van der Waals surface area contributed by atoms with Crippen LogP contribution in [0.3, 0.4) is 0 Å². The van der Waals surface area contributed by atoms with Crippen LogP contribution in [0.4, 0.5) is 0 Å². The van der Waals surface area contributed by atoms with Gasteiger partial charge in [-0.15, -0.1) is 22.9 Å². The maximum Gasteiger partial charge on any atom is 0.187 e. The molecule has 1 aromatic carbocycles. The maximum absolute atomic E-state index is 12.2. The van der Waals surface area contributed by atoms with Crippen LogP contribution in [0.5, 0.6) is 0 Å². The monoisotopic (exact) mass is 392 g/mol. The standard InChI is InChI=1S/C12H7Br2ClOS/c13-9-6-8(12(14)17-9)11(16)10(15)7-4-2-1-3-5-7/h1-6,10H. The van der Waals surface area contributed by atoms with Gasteiger partial charge in [-0.2, -0.15) is 0 Å². The summed E-state index contributed by atoms with van der Waals surface area (Å²) in [5, 5.41) is -0.644. The zero-order chi connectivity index (χ0) is 12.4. The molecule has 1 atom stereocenters. The van der Waals surface area contributed by atoms with E-state index in [1.54, 1.807) is 6.07 Å². The molecule has 0 aliphatic rings. The van der Waals surface area contributed by atoms with E-state index in [1.165, 1.54) is 11.3 Å². The van der Waals surface area contributed by atoms with Crippen molar-refractivity contribution in [3.05, 3.63) is 55.1 Å². The number of halogens is 3. The van der Waals surface area contributed by atoms with Crippen molar-refractivity contribution >= 4 is 60.6 Å². The van der Waals surface area contributed by atoms with Crippen molar-refractivity contribution in [3.8, 4) is 0 Å². The van der Waals surface area contributed by atoms with Crippen LogP contribution in [0.2, 0.25) is 0 Å². The first kappa shape index (κ1) is 13.3. The second-order valence-corrected chi connectivity index (χ2v) is 7.56. The first-order chi connectivity index (χ1) is 8.09. The van der Waals surface area contributed by atoms with Crippen molar-refractivity contribution in [2.45, 2.75) is 5.38 Å². The number of benzene rings is 1. The topological polar surface area (TPSA) is 17.1 Å². The van der Waals surface area contributed by atoms with Gasteiger partial charge in [0.05, 0.1) is 7.57 Å². The van der Waals surface area contributed by atoms with E-state index in [1.807, 2.05) is 30.3 Å². The Kier molecular flexibility index (Phi) is 4.42. The Labute approximate surface area is 125 Å². The molecule has 17 heavy (non-hydrogen) atoms. The van der Waals surface area contributed by atoms with Gasteiger partial charge in [0.25, 0.3) is 0 Å². The number of carbonyl (C=O) groups is 1. The number of hydrogen-bond donors (Lipinski definition) is 0. The molecule has 88 valence electrons. The van der Waals surface area contributed by atoms with Crippen LogP contribution in [0.25, 0.3) is 0 Å². The van der Waals surface area contributed by atoms with Crippen LogP contribution >= 0.6 is 54.8 Å². The van der Waals surface area contributed by atoms with Gasteiger partial charge in [0, 0.05) is 5.56 Å². The minimum atomic E-state index is -0.644. The summed E-state index contributed by atoms with van der Waals surface area (Å²) in [5.74, 6) is -0.0910. The summed E-state index contributed by atoms with van der Waals surface area (Å²) in [4.78, 5) is 12.2. The third-order valence-electron chi connectivity index (χ3n) is 2.24. The lowest BCUT2D eigenvalue weighted by molar-refractivity contribution is 0.0987. The highest BCUT2D eigenvalue weighted by molar-refractivity contribution is 9.12. The number of rotatable bonds is 3. The summed E-state index contributed by atoms with van der Waals surface area (Å²) < 4.78 is 1.71. The second-order valence-electron chi connectivity index (χ2n) is 3.38. The fourth-order valence-electron chi connectivity index (χ4n) is 1.42. The molecule has 1 unspecified atom stereocenters. The van der Waals surface area contributed by atoms with Gasteiger partial charge >= 0.3 is 0 Å². The number of hydrogen-bond acceptors (Lipinski definition) is 2. The molecule has 0 bridgehead atoms. The Hall–Kier alpha value is -0.160. The fourth-order valence-corrected chi connectivity index (χ4v) is 4.50. The van der Waals surface area contributed by atoms with E-state index in [0.717, 1.165) is 13.1 Å². The van der Waals surface area contributed by atoms with Gasteiger partial charge in [0.1, 0.15) is 5.38 Å². The molecule has 0 fully saturated rings. The number of alkyl halides is 1. The first-order valence-corrected chi connectivity index (χ1v) is 7.61. The van der Waals surface area contributed by atoms with Crippen molar-refractivity contribution in [2.75, 3.05) is 0 Å². The van der Waals surface area contributed by atoms with Gasteiger partial charge in [0.2, 0.25) is 0 Å². The number of thiophene rings is 1. The lowest BCUT2D eigenvalue weighted by Crippen LogP contribution is -2.06. The van der Waals surface area contributed by atoms with Gasteiger partial charge in [-0.25, -0.2) is 0 Å². The Morgan fingerprint density at radius 1 is 1.24 bits per heavy atom. The van der Waals surface area contributed by atoms with Gasteiger partial charge in [-0.3, -0.25) is 4.79 Å². The van der Waals surface area contributed by atoms with E-state index >= 15 is 0 Å². The molecule has 0 spiro atoms. The van der Waals surface area contributed by atoms with Crippen molar-refractivity contribution < 1.29 is 4.79 Å². The molecule has 1 aromatic heterocycles. The zero-order valence-electron chi connectivity index (χ0n) is 8.49. The molecule has 0 N–H and O–H groups in total. The van der Waals surface area contributed by atoms with Crippen LogP contribution in [0.1, 0.15) is 21.3 Å². The Morgan fingerprint density at radius 3 is 2.41 bits per heavy atom. The van der Waals surface area contributed by atoms with Crippen LogP contribution in [-0.2, 0) is 0 Å². The molecule has 2 aromatic rings. The lowest BCUT2D eigenvalue weighted by atomic mass is 10.1. The molecule has 2 rings (SSSR count). The van der Waals surface area contributed by atoms with E-state index in [4.69, 9.17) is 11.6 Å². The van der Waals surface area contributed by atoms with Crippen molar-refractivity contribution in [1.29, 1.82) is 0 Å². The molecular weight excluding hydrogens is 387 g/mol. The Morgan fingerprint density at radius 2 is 1.88 bits per heavy atom. The lowest BCUT2D eigenvalue weighted by Gasteiger charge is -2.07. The zero-order valence-corrected chi connectivity index (χ0v) is 13.2. The average Bonchev–Trinajstić information content (AvgIpc) is 2.68. The van der Waals surface area contributed by atoms with E-state index in [0.29, 0.717) is 5.56 Å². The van der Waals surface area contributed by atoms with Gasteiger partial charge < -0.3 is 0 Å². The quantitative estimate of drug-likeness (QED) is 0.501. The third-order valence-corrected chi connectivity index (χ3v) is 5.03. The summed E-state index contributed by atoms with van der Waals surface area (Å²) in [5.41, 5.74) is 1.43. The largest absolute Gasteiger partial charge is 0.292 e. The number of ketones is 1. The average molecular weight is 395 g/mol. The Bertz CT molecular complexity index is 539. The summed E-state index contributed by atoms with van der Waals surface area (Å²) in [6.07, 6.45) is 0. The number of Topliss-reactive ketones (excluding diaryl/α,β-unsaturated/α-hetero) is 1. The molecule has 0 radical (unpaired) electrons. The van der Waals surface area contributed by atoms with E-state index in [2.05, 4.69) is 31.9 Å². The minimum absolute atomic E-state index is 0.0910. The normalized spacial score (nSPS) is 12.4. The molecule has 0 saturated heterocycles. The maximum atomic E-state index is 12.2. The first-order valence-electron chi connectivity index (χ1n) is 4.77. The van der Waals surface area contributed by atoms with E-state index in [-0.39, 0.29) is 5.78 Å². The summed E-state index contributed by atoms with van der Waals surface area (Å²) >= 11 is 14.4. The molecule has 0 aliphatic carbocycles. The molecule has 1 heterocycles. The third kappa shape index (κ3) is 2.99. The summed E-state index contributed by atoms with van der Waals surface area (Å²) in [6, 6.07) is 11.1. The van der Waals surface area contributed by atoms with Crippen LogP contribution in [0.15, 0.2) is 44.0 Å². The SMILES string of the molecule is O=C(c1cc(Br)sc1Br)C(Cl)c1ccccc1. The van der Waals surface area contributed by atoms with Gasteiger partial charge in [-0.05, 0) is 43.5 Å². The molecule has 0 aliphatic heterocycles. The highest BCUT2D eigenvalue weighted by Gasteiger charge is 2.22. The number of carbonyl (C=O) groups excluding carboxylic acids is 1. The van der Waals surface area contributed by atoms with E-state index < -0.39 is 5.38 Å². The molecule has 5 heteroatoms. The molecule has 0 saturated carbocycles. The highest BCUT2D eigenvalue weighted by atomic mass is 79.9. The van der Waals surface area contributed by atoms with Gasteiger partial charge in [0.15, 0.2) is 5.78 Å². The van der Waals surface area contributed by atoms with Crippen LogP contribution < -0.4 is 0 Å². The molecule has 1 nitrogen and oxygen atoms in total. The molecule has 0 amide bonds. The van der Waals surface area contributed by atoms with Crippen LogP contribution in [0, 0.1) is 0 Å². The smallest absolute Gasteiger partial charge is 0.187 e. The summed E-state index contributed by atoms with van der Waals surface area (Å²) in [6.45, 7) is 0. The predicted molar refractivity (Wildman–Crippen MR) is 79.1 cm³/mol. The Balaban J connectivity index is 2.30. The predicted octanol–water partition coefficient (Wildman–Crippen LogP) is 5.44. The summed E-state index contributed by atoms with van der Waals surface area (Å²) in [7, 11) is 0. The second kappa shape index (κ2) is 5.65. The minimum Gasteiger partial charge on any atom is -0.292 e. The van der Waals surface area contributed by atoms with E-state index in [9.17, 15) is 4.79 Å². The van der Waals surface area contributed by atoms with Crippen molar-refractivity contribution in [2.24, 2.45) is 0 Å². The highest BCUT2D eigenvalue weighted by Crippen LogP contribution is 2.35. The van der Waals surface area contributed by atoms with Gasteiger partial charge in [-0.1, -0.05) is 30.3 Å².